The van der Waals surface area contributed by atoms with Gasteiger partial charge in [-0.05, 0) is 51.6 Å². The molecule has 0 aliphatic heterocycles. The van der Waals surface area contributed by atoms with E-state index in [2.05, 4.69) is 26.1 Å². The number of nitrogens with one attached hydrogen (secondary N) is 1. The number of hydrogen-bond donors (Lipinski definition) is 1. The zero-order valence-corrected chi connectivity index (χ0v) is 15.5. The minimum atomic E-state index is -0.0565. The highest BCUT2D eigenvalue weighted by Crippen LogP contribution is 2.23. The summed E-state index contributed by atoms with van der Waals surface area (Å²) in [6, 6.07) is 0. The Bertz CT molecular complexity index is 318. The topological polar surface area (TPSA) is 46.2 Å². The molecular formula is C19H37NO2. The molecular weight excluding hydrogens is 274 g/mol. The van der Waals surface area contributed by atoms with Crippen molar-refractivity contribution < 1.29 is 9.59 Å². The molecule has 0 aliphatic rings. The summed E-state index contributed by atoms with van der Waals surface area (Å²) < 4.78 is 0. The molecule has 0 bridgehead atoms. The lowest BCUT2D eigenvalue weighted by atomic mass is 9.88. The van der Waals surface area contributed by atoms with Crippen molar-refractivity contribution in [3.8, 4) is 0 Å². The van der Waals surface area contributed by atoms with Crippen LogP contribution in [0.25, 0.3) is 0 Å². The van der Waals surface area contributed by atoms with Crippen LogP contribution in [0.2, 0.25) is 0 Å². The smallest absolute Gasteiger partial charge is 0.133 e. The van der Waals surface area contributed by atoms with Crippen LogP contribution in [-0.4, -0.2) is 25.2 Å². The second-order valence-corrected chi connectivity index (χ2v) is 7.77. The highest BCUT2D eigenvalue weighted by Gasteiger charge is 2.18. The minimum absolute atomic E-state index is 0.0565. The minimum Gasteiger partial charge on any atom is -0.320 e. The number of Topliss-reactive ketones (excluding diaryl/α,β-unsaturated/α-hetero) is 2. The summed E-state index contributed by atoms with van der Waals surface area (Å²) in [5.41, 5.74) is 0.386. The van der Waals surface area contributed by atoms with Gasteiger partial charge in [-0.1, -0.05) is 40.0 Å². The van der Waals surface area contributed by atoms with E-state index in [0.717, 1.165) is 38.6 Å². The van der Waals surface area contributed by atoms with E-state index in [4.69, 9.17) is 0 Å². The summed E-state index contributed by atoms with van der Waals surface area (Å²) in [6.07, 6.45) is 8.53. The van der Waals surface area contributed by atoms with Gasteiger partial charge in [0.15, 0.2) is 0 Å². The van der Waals surface area contributed by atoms with Crippen molar-refractivity contribution in [3.05, 3.63) is 0 Å². The number of rotatable bonds is 13. The van der Waals surface area contributed by atoms with Gasteiger partial charge >= 0.3 is 0 Å². The molecule has 0 radical (unpaired) electrons. The van der Waals surface area contributed by atoms with E-state index < -0.39 is 0 Å². The van der Waals surface area contributed by atoms with Crippen molar-refractivity contribution in [3.63, 3.8) is 0 Å². The fourth-order valence-corrected chi connectivity index (χ4v) is 2.67. The first-order valence-corrected chi connectivity index (χ1v) is 8.93. The predicted octanol–water partition coefficient (Wildman–Crippen LogP) is 4.54. The number of ketones is 2. The Morgan fingerprint density at radius 3 is 2.23 bits per heavy atom. The molecule has 0 saturated carbocycles. The molecule has 22 heavy (non-hydrogen) atoms. The van der Waals surface area contributed by atoms with Gasteiger partial charge in [0.05, 0.1) is 0 Å². The Kier molecular flexibility index (Phi) is 11.4. The molecule has 0 rings (SSSR count). The lowest BCUT2D eigenvalue weighted by Crippen LogP contribution is -2.17. The van der Waals surface area contributed by atoms with Crippen LogP contribution in [0.1, 0.15) is 85.5 Å². The first-order valence-electron chi connectivity index (χ1n) is 8.93. The van der Waals surface area contributed by atoms with Gasteiger partial charge < -0.3 is 5.32 Å². The van der Waals surface area contributed by atoms with Crippen molar-refractivity contribution in [2.24, 2.45) is 11.3 Å². The summed E-state index contributed by atoms with van der Waals surface area (Å²) in [5, 5.41) is 3.11. The van der Waals surface area contributed by atoms with Crippen molar-refractivity contribution in [2.45, 2.75) is 85.5 Å². The first-order chi connectivity index (χ1) is 10.3. The molecule has 0 amide bonds. The summed E-state index contributed by atoms with van der Waals surface area (Å²) in [4.78, 5) is 23.7. The molecule has 0 aromatic heterocycles. The Morgan fingerprint density at radius 2 is 1.68 bits per heavy atom. The summed E-state index contributed by atoms with van der Waals surface area (Å²) in [5.74, 6) is 0.383. The van der Waals surface area contributed by atoms with Gasteiger partial charge in [-0.3, -0.25) is 9.59 Å². The molecule has 3 heteroatoms. The Labute approximate surface area is 137 Å². The zero-order valence-electron chi connectivity index (χ0n) is 15.5. The third-order valence-electron chi connectivity index (χ3n) is 4.16. The molecule has 0 aromatic rings. The maximum Gasteiger partial charge on any atom is 0.133 e. The van der Waals surface area contributed by atoms with Crippen LogP contribution < -0.4 is 5.32 Å². The molecule has 0 fully saturated rings. The van der Waals surface area contributed by atoms with Crippen molar-refractivity contribution >= 4 is 11.6 Å². The van der Waals surface area contributed by atoms with Gasteiger partial charge in [0, 0.05) is 18.8 Å². The van der Waals surface area contributed by atoms with Gasteiger partial charge in [-0.2, -0.15) is 0 Å². The number of carbonyl (C=O) groups excluding carboxylic acids is 2. The van der Waals surface area contributed by atoms with Crippen LogP contribution in [-0.2, 0) is 9.59 Å². The van der Waals surface area contributed by atoms with Crippen molar-refractivity contribution in [2.75, 3.05) is 13.6 Å². The van der Waals surface area contributed by atoms with E-state index in [-0.39, 0.29) is 17.5 Å². The molecule has 0 spiro atoms. The largest absolute Gasteiger partial charge is 0.320 e. The van der Waals surface area contributed by atoms with E-state index in [9.17, 15) is 9.59 Å². The van der Waals surface area contributed by atoms with E-state index in [1.807, 2.05) is 7.05 Å². The Hall–Kier alpha value is -0.700. The van der Waals surface area contributed by atoms with Crippen LogP contribution >= 0.6 is 0 Å². The summed E-state index contributed by atoms with van der Waals surface area (Å²) >= 11 is 0. The maximum absolute atomic E-state index is 12.0. The Morgan fingerprint density at radius 1 is 1.00 bits per heavy atom. The average molecular weight is 312 g/mol. The lowest BCUT2D eigenvalue weighted by Gasteiger charge is -2.17. The van der Waals surface area contributed by atoms with Crippen LogP contribution in [0, 0.1) is 11.3 Å². The molecule has 1 atom stereocenters. The number of carbonyl (C=O) groups is 2. The van der Waals surface area contributed by atoms with E-state index in [0.29, 0.717) is 18.3 Å². The zero-order chi connectivity index (χ0) is 17.0. The third kappa shape index (κ3) is 13.0. The maximum atomic E-state index is 12.0. The van der Waals surface area contributed by atoms with Gasteiger partial charge in [0.25, 0.3) is 0 Å². The molecule has 0 heterocycles. The SMILES string of the molecule is CNCCCCC(CC(=O)CCCCCC(C)(C)C)C(C)=O. The van der Waals surface area contributed by atoms with Gasteiger partial charge in [-0.15, -0.1) is 0 Å². The molecule has 1 N–H and O–H groups in total. The molecule has 0 saturated heterocycles. The quantitative estimate of drug-likeness (QED) is 0.508. The molecule has 1 unspecified atom stereocenters. The van der Waals surface area contributed by atoms with Crippen molar-refractivity contribution in [1.29, 1.82) is 0 Å². The normalized spacial score (nSPS) is 13.1. The second kappa shape index (κ2) is 11.8. The lowest BCUT2D eigenvalue weighted by molar-refractivity contribution is -0.127. The highest BCUT2D eigenvalue weighted by atomic mass is 16.1. The van der Waals surface area contributed by atoms with Gasteiger partial charge in [0.1, 0.15) is 11.6 Å². The monoisotopic (exact) mass is 311 g/mol. The van der Waals surface area contributed by atoms with Crippen LogP contribution in [0.15, 0.2) is 0 Å². The van der Waals surface area contributed by atoms with E-state index >= 15 is 0 Å². The van der Waals surface area contributed by atoms with Crippen LogP contribution in [0.3, 0.4) is 0 Å². The molecule has 0 aromatic carbocycles. The van der Waals surface area contributed by atoms with Crippen molar-refractivity contribution in [1.82, 2.24) is 5.32 Å². The van der Waals surface area contributed by atoms with Gasteiger partial charge in [-0.25, -0.2) is 0 Å². The average Bonchev–Trinajstić information content (AvgIpc) is 2.40. The summed E-state index contributed by atoms with van der Waals surface area (Å²) in [6.45, 7) is 9.36. The molecule has 0 aliphatic carbocycles. The fourth-order valence-electron chi connectivity index (χ4n) is 2.67. The standard InChI is InChI=1S/C19H37NO2/c1-16(21)17(11-8-10-14-20-5)15-18(22)12-7-6-9-13-19(2,3)4/h17,20H,6-15H2,1-5H3. The molecule has 3 nitrogen and oxygen atoms in total. The number of unbranched alkanes of at least 4 members (excludes halogenated alkanes) is 3. The van der Waals surface area contributed by atoms with E-state index in [1.165, 1.54) is 12.8 Å². The first kappa shape index (κ1) is 21.3. The fraction of sp³-hybridized carbons (Fsp3) is 0.895. The highest BCUT2D eigenvalue weighted by molar-refractivity contribution is 5.86. The Balaban J connectivity index is 3.86. The summed E-state index contributed by atoms with van der Waals surface area (Å²) in [7, 11) is 1.94. The number of hydrogen-bond acceptors (Lipinski definition) is 3. The predicted molar refractivity (Wildman–Crippen MR) is 94.1 cm³/mol. The van der Waals surface area contributed by atoms with Gasteiger partial charge in [0.2, 0.25) is 0 Å². The van der Waals surface area contributed by atoms with Crippen LogP contribution in [0.5, 0.6) is 0 Å². The van der Waals surface area contributed by atoms with Crippen LogP contribution in [0.4, 0.5) is 0 Å². The molecule has 130 valence electrons. The second-order valence-electron chi connectivity index (χ2n) is 7.77. The van der Waals surface area contributed by atoms with E-state index in [1.54, 1.807) is 6.92 Å². The third-order valence-corrected chi connectivity index (χ3v) is 4.16.